The summed E-state index contributed by atoms with van der Waals surface area (Å²) in [6.45, 7) is 10.4. The maximum Gasteiger partial charge on any atom is 0.247 e. The lowest BCUT2D eigenvalue weighted by molar-refractivity contribution is 0.355. The molecule has 3 rings (SSSR count). The van der Waals surface area contributed by atoms with Crippen LogP contribution in [0.15, 0.2) is 41.1 Å². The zero-order chi connectivity index (χ0) is 17.3. The van der Waals surface area contributed by atoms with Crippen LogP contribution in [0.1, 0.15) is 45.2 Å². The SMILES string of the molecule is Cc1ccc(-c2nnc(C(C)Nc3cnn(C(C)(C)C)c3)o2)cc1. The van der Waals surface area contributed by atoms with Crippen molar-refractivity contribution in [3.8, 4) is 11.5 Å². The van der Waals surface area contributed by atoms with Crippen LogP contribution in [0.3, 0.4) is 0 Å². The van der Waals surface area contributed by atoms with E-state index in [0.717, 1.165) is 11.3 Å². The fraction of sp³-hybridized carbons (Fsp3) is 0.389. The Morgan fingerprint density at radius 2 is 1.83 bits per heavy atom. The Balaban J connectivity index is 1.73. The van der Waals surface area contributed by atoms with Crippen molar-refractivity contribution in [3.63, 3.8) is 0 Å². The summed E-state index contributed by atoms with van der Waals surface area (Å²) in [6.07, 6.45) is 3.78. The van der Waals surface area contributed by atoms with E-state index >= 15 is 0 Å². The zero-order valence-corrected chi connectivity index (χ0v) is 14.7. The molecule has 2 aromatic heterocycles. The van der Waals surface area contributed by atoms with Crippen LogP contribution in [0.4, 0.5) is 5.69 Å². The van der Waals surface area contributed by atoms with Crippen LogP contribution >= 0.6 is 0 Å². The van der Waals surface area contributed by atoms with Gasteiger partial charge in [-0.1, -0.05) is 17.7 Å². The average Bonchev–Trinajstić information content (AvgIpc) is 3.16. The van der Waals surface area contributed by atoms with Gasteiger partial charge >= 0.3 is 0 Å². The van der Waals surface area contributed by atoms with Crippen molar-refractivity contribution in [2.75, 3.05) is 5.32 Å². The third-order valence-corrected chi connectivity index (χ3v) is 3.76. The molecule has 0 saturated heterocycles. The number of aryl methyl sites for hydroxylation is 1. The second kappa shape index (κ2) is 6.11. The Morgan fingerprint density at radius 3 is 2.46 bits per heavy atom. The van der Waals surface area contributed by atoms with E-state index in [4.69, 9.17) is 4.42 Å². The van der Waals surface area contributed by atoms with Gasteiger partial charge in [0.1, 0.15) is 6.04 Å². The Kier molecular flexibility index (Phi) is 4.13. The largest absolute Gasteiger partial charge is 0.418 e. The van der Waals surface area contributed by atoms with Gasteiger partial charge in [-0.05, 0) is 46.8 Å². The number of rotatable bonds is 4. The molecular formula is C18H23N5O. The van der Waals surface area contributed by atoms with Crippen molar-refractivity contribution in [2.24, 2.45) is 0 Å². The van der Waals surface area contributed by atoms with Crippen LogP contribution in [0, 0.1) is 6.92 Å². The van der Waals surface area contributed by atoms with Gasteiger partial charge in [0, 0.05) is 11.8 Å². The summed E-state index contributed by atoms with van der Waals surface area (Å²) in [5, 5.41) is 16.0. The van der Waals surface area contributed by atoms with Crippen molar-refractivity contribution >= 4 is 5.69 Å². The quantitative estimate of drug-likeness (QED) is 0.779. The minimum absolute atomic E-state index is 0.0493. The highest BCUT2D eigenvalue weighted by Crippen LogP contribution is 2.24. The molecule has 1 aromatic carbocycles. The molecule has 1 unspecified atom stereocenters. The van der Waals surface area contributed by atoms with Crippen LogP contribution in [0.25, 0.3) is 11.5 Å². The Labute approximate surface area is 141 Å². The molecule has 0 aliphatic carbocycles. The number of nitrogens with zero attached hydrogens (tertiary/aromatic N) is 4. The fourth-order valence-electron chi connectivity index (χ4n) is 2.30. The summed E-state index contributed by atoms with van der Waals surface area (Å²) in [7, 11) is 0. The van der Waals surface area contributed by atoms with Crippen molar-refractivity contribution in [3.05, 3.63) is 48.1 Å². The first-order chi connectivity index (χ1) is 11.3. The molecule has 0 fully saturated rings. The van der Waals surface area contributed by atoms with Crippen molar-refractivity contribution in [2.45, 2.75) is 46.2 Å². The highest BCUT2D eigenvalue weighted by Gasteiger charge is 2.18. The topological polar surface area (TPSA) is 68.8 Å². The molecule has 0 aliphatic heterocycles. The number of nitrogens with one attached hydrogen (secondary N) is 1. The monoisotopic (exact) mass is 325 g/mol. The Bertz CT molecular complexity index is 811. The molecule has 1 atom stereocenters. The molecular weight excluding hydrogens is 302 g/mol. The third kappa shape index (κ3) is 3.48. The molecule has 0 bridgehead atoms. The molecule has 0 radical (unpaired) electrons. The average molecular weight is 325 g/mol. The standard InChI is InChI=1S/C18H23N5O/c1-12-6-8-14(9-7-12)17-22-21-16(24-17)13(2)20-15-10-19-23(11-15)18(3,4)5/h6-11,13,20H,1-5H3. The van der Waals surface area contributed by atoms with Crippen LogP contribution in [-0.4, -0.2) is 20.0 Å². The Hall–Kier alpha value is -2.63. The zero-order valence-electron chi connectivity index (χ0n) is 14.7. The first kappa shape index (κ1) is 16.2. The van der Waals surface area contributed by atoms with E-state index in [9.17, 15) is 0 Å². The summed E-state index contributed by atoms with van der Waals surface area (Å²) >= 11 is 0. The molecule has 2 heterocycles. The first-order valence-electron chi connectivity index (χ1n) is 8.05. The smallest absolute Gasteiger partial charge is 0.247 e. The van der Waals surface area contributed by atoms with Crippen LogP contribution < -0.4 is 5.32 Å². The minimum Gasteiger partial charge on any atom is -0.418 e. The lowest BCUT2D eigenvalue weighted by atomic mass is 10.1. The van der Waals surface area contributed by atoms with E-state index < -0.39 is 0 Å². The van der Waals surface area contributed by atoms with Crippen LogP contribution in [0.2, 0.25) is 0 Å². The summed E-state index contributed by atoms with van der Waals surface area (Å²) < 4.78 is 7.73. The van der Waals surface area contributed by atoms with Crippen LogP contribution in [-0.2, 0) is 5.54 Å². The molecule has 24 heavy (non-hydrogen) atoms. The second-order valence-corrected chi connectivity index (χ2v) is 7.02. The number of aromatic nitrogens is 4. The Morgan fingerprint density at radius 1 is 1.12 bits per heavy atom. The molecule has 0 saturated carbocycles. The third-order valence-electron chi connectivity index (χ3n) is 3.76. The van der Waals surface area contributed by atoms with Gasteiger partial charge in [0.2, 0.25) is 11.8 Å². The first-order valence-corrected chi connectivity index (χ1v) is 8.05. The normalized spacial score (nSPS) is 13.0. The predicted octanol–water partition coefficient (Wildman–Crippen LogP) is 4.17. The van der Waals surface area contributed by atoms with Gasteiger partial charge in [0.25, 0.3) is 0 Å². The van der Waals surface area contributed by atoms with Crippen molar-refractivity contribution < 1.29 is 4.42 Å². The van der Waals surface area contributed by atoms with Gasteiger partial charge in [0.05, 0.1) is 17.4 Å². The number of anilines is 1. The van der Waals surface area contributed by atoms with Gasteiger partial charge in [-0.15, -0.1) is 10.2 Å². The molecule has 6 nitrogen and oxygen atoms in total. The molecule has 0 spiro atoms. The van der Waals surface area contributed by atoms with Gasteiger partial charge in [-0.3, -0.25) is 4.68 Å². The van der Waals surface area contributed by atoms with E-state index in [1.165, 1.54) is 5.56 Å². The summed E-state index contributed by atoms with van der Waals surface area (Å²) in [5.74, 6) is 1.08. The molecule has 3 aromatic rings. The summed E-state index contributed by atoms with van der Waals surface area (Å²) in [6, 6.07) is 7.93. The van der Waals surface area contributed by atoms with E-state index in [0.29, 0.717) is 11.8 Å². The molecule has 0 aliphatic rings. The highest BCUT2D eigenvalue weighted by molar-refractivity contribution is 5.53. The maximum atomic E-state index is 5.81. The van der Waals surface area contributed by atoms with Gasteiger partial charge < -0.3 is 9.73 Å². The maximum absolute atomic E-state index is 5.81. The van der Waals surface area contributed by atoms with Gasteiger partial charge in [0.15, 0.2) is 0 Å². The predicted molar refractivity (Wildman–Crippen MR) is 93.7 cm³/mol. The lowest BCUT2D eigenvalue weighted by Crippen LogP contribution is -2.21. The van der Waals surface area contributed by atoms with Crippen molar-refractivity contribution in [1.29, 1.82) is 0 Å². The van der Waals surface area contributed by atoms with Gasteiger partial charge in [-0.25, -0.2) is 0 Å². The van der Waals surface area contributed by atoms with E-state index in [1.807, 2.05) is 49.0 Å². The van der Waals surface area contributed by atoms with E-state index in [2.05, 4.69) is 41.4 Å². The number of benzene rings is 1. The number of hydrogen-bond acceptors (Lipinski definition) is 5. The van der Waals surface area contributed by atoms with E-state index in [1.54, 1.807) is 6.20 Å². The van der Waals surface area contributed by atoms with Crippen molar-refractivity contribution in [1.82, 2.24) is 20.0 Å². The van der Waals surface area contributed by atoms with E-state index in [-0.39, 0.29) is 11.6 Å². The molecule has 0 amide bonds. The molecule has 6 heteroatoms. The second-order valence-electron chi connectivity index (χ2n) is 7.02. The molecule has 1 N–H and O–H groups in total. The number of hydrogen-bond donors (Lipinski definition) is 1. The fourth-order valence-corrected chi connectivity index (χ4v) is 2.30. The minimum atomic E-state index is -0.102. The summed E-state index contributed by atoms with van der Waals surface area (Å²) in [5.41, 5.74) is 3.00. The van der Waals surface area contributed by atoms with Crippen LogP contribution in [0.5, 0.6) is 0 Å². The van der Waals surface area contributed by atoms with Gasteiger partial charge in [-0.2, -0.15) is 5.10 Å². The summed E-state index contributed by atoms with van der Waals surface area (Å²) in [4.78, 5) is 0. The lowest BCUT2D eigenvalue weighted by Gasteiger charge is -2.18. The molecule has 126 valence electrons. The highest BCUT2D eigenvalue weighted by atomic mass is 16.4.